The molecular formula is C14H14F2N2. The van der Waals surface area contributed by atoms with Crippen molar-refractivity contribution < 1.29 is 8.78 Å². The first-order valence-corrected chi connectivity index (χ1v) is 5.71. The number of hydrogen-bond donors (Lipinski definition) is 2. The molecule has 0 aliphatic carbocycles. The maximum absolute atomic E-state index is 13.6. The summed E-state index contributed by atoms with van der Waals surface area (Å²) < 4.78 is 26.7. The lowest BCUT2D eigenvalue weighted by Crippen LogP contribution is -2.01. The third kappa shape index (κ3) is 2.42. The molecule has 2 nitrogen and oxygen atoms in total. The van der Waals surface area contributed by atoms with Crippen LogP contribution in [0.1, 0.15) is 12.5 Å². The second kappa shape index (κ2) is 5.04. The van der Waals surface area contributed by atoms with Crippen LogP contribution in [-0.4, -0.2) is 0 Å². The number of nitrogens with one attached hydrogen (secondary N) is 1. The number of aryl methyl sites for hydroxylation is 1. The molecule has 2 aromatic carbocycles. The van der Waals surface area contributed by atoms with Gasteiger partial charge in [-0.3, -0.25) is 0 Å². The average Bonchev–Trinajstić information content (AvgIpc) is 2.40. The summed E-state index contributed by atoms with van der Waals surface area (Å²) in [6.45, 7) is 2.05. The fourth-order valence-corrected chi connectivity index (χ4v) is 1.66. The van der Waals surface area contributed by atoms with E-state index in [2.05, 4.69) is 5.32 Å². The van der Waals surface area contributed by atoms with Crippen molar-refractivity contribution in [3.8, 4) is 0 Å². The highest BCUT2D eigenvalue weighted by Gasteiger charge is 2.11. The Labute approximate surface area is 104 Å². The molecule has 4 heteroatoms. The van der Waals surface area contributed by atoms with Gasteiger partial charge in [0.1, 0.15) is 5.69 Å². The summed E-state index contributed by atoms with van der Waals surface area (Å²) in [5, 5.41) is 2.79. The maximum Gasteiger partial charge on any atom is 0.184 e. The summed E-state index contributed by atoms with van der Waals surface area (Å²) >= 11 is 0. The number of halogens is 2. The van der Waals surface area contributed by atoms with Crippen LogP contribution in [0.5, 0.6) is 0 Å². The number of nitrogen functional groups attached to an aromatic ring is 1. The molecule has 3 N–H and O–H groups in total. The van der Waals surface area contributed by atoms with E-state index in [-0.39, 0.29) is 11.4 Å². The second-order valence-corrected chi connectivity index (χ2v) is 4.00. The first-order chi connectivity index (χ1) is 8.61. The molecular weight excluding hydrogens is 234 g/mol. The maximum atomic E-state index is 13.6. The molecule has 0 aliphatic heterocycles. The fourth-order valence-electron chi connectivity index (χ4n) is 1.66. The van der Waals surface area contributed by atoms with Gasteiger partial charge < -0.3 is 11.1 Å². The molecule has 0 bridgehead atoms. The minimum atomic E-state index is -0.963. The molecule has 18 heavy (non-hydrogen) atoms. The largest absolute Gasteiger partial charge is 0.397 e. The summed E-state index contributed by atoms with van der Waals surface area (Å²) in [5.74, 6) is -1.88. The zero-order valence-corrected chi connectivity index (χ0v) is 10.0. The molecule has 0 saturated carbocycles. The Morgan fingerprint density at radius 1 is 1.06 bits per heavy atom. The van der Waals surface area contributed by atoms with E-state index >= 15 is 0 Å². The van der Waals surface area contributed by atoms with Gasteiger partial charge in [0.25, 0.3) is 0 Å². The van der Waals surface area contributed by atoms with Crippen LogP contribution in [0.4, 0.5) is 25.8 Å². The Hall–Kier alpha value is -2.10. The summed E-state index contributed by atoms with van der Waals surface area (Å²) in [6.07, 6.45) is 0.927. The van der Waals surface area contributed by atoms with Crippen LogP contribution < -0.4 is 11.1 Å². The Bertz CT molecular complexity index is 550. The normalized spacial score (nSPS) is 10.4. The summed E-state index contributed by atoms with van der Waals surface area (Å²) in [7, 11) is 0. The summed E-state index contributed by atoms with van der Waals surface area (Å²) in [5.41, 5.74) is 7.62. The molecule has 0 radical (unpaired) electrons. The zero-order chi connectivity index (χ0) is 13.1. The Balaban J connectivity index is 2.30. The van der Waals surface area contributed by atoms with Crippen LogP contribution in [0.3, 0.4) is 0 Å². The standard InChI is InChI=1S/C14H14F2N2/c1-2-9-3-5-10(6-4-9)18-14-12(17)8-7-11(15)13(14)16/h3-8,18H,2,17H2,1H3. The number of anilines is 3. The monoisotopic (exact) mass is 248 g/mol. The Morgan fingerprint density at radius 2 is 1.72 bits per heavy atom. The van der Waals surface area contributed by atoms with Crippen molar-refractivity contribution in [1.29, 1.82) is 0 Å². The van der Waals surface area contributed by atoms with Crippen LogP contribution in [0, 0.1) is 11.6 Å². The minimum Gasteiger partial charge on any atom is -0.397 e. The quantitative estimate of drug-likeness (QED) is 0.809. The molecule has 0 fully saturated rings. The summed E-state index contributed by atoms with van der Waals surface area (Å²) in [4.78, 5) is 0. The SMILES string of the molecule is CCc1ccc(Nc2c(N)ccc(F)c2F)cc1. The minimum absolute atomic E-state index is 0.0285. The number of rotatable bonds is 3. The van der Waals surface area contributed by atoms with Crippen LogP contribution in [0.15, 0.2) is 36.4 Å². The van der Waals surface area contributed by atoms with Crippen molar-refractivity contribution in [3.05, 3.63) is 53.6 Å². The van der Waals surface area contributed by atoms with Crippen molar-refractivity contribution in [2.24, 2.45) is 0 Å². The van der Waals surface area contributed by atoms with E-state index in [0.29, 0.717) is 5.69 Å². The molecule has 0 aliphatic rings. The van der Waals surface area contributed by atoms with Crippen molar-refractivity contribution in [2.75, 3.05) is 11.1 Å². The van der Waals surface area contributed by atoms with E-state index in [1.54, 1.807) is 0 Å². The van der Waals surface area contributed by atoms with E-state index in [0.717, 1.165) is 12.5 Å². The highest BCUT2D eigenvalue weighted by atomic mass is 19.2. The molecule has 2 aromatic rings. The van der Waals surface area contributed by atoms with E-state index in [1.807, 2.05) is 31.2 Å². The van der Waals surface area contributed by atoms with E-state index in [4.69, 9.17) is 5.73 Å². The van der Waals surface area contributed by atoms with Crippen LogP contribution in [-0.2, 0) is 6.42 Å². The number of nitrogens with two attached hydrogens (primary N) is 1. The third-order valence-corrected chi connectivity index (χ3v) is 2.76. The van der Waals surface area contributed by atoms with Gasteiger partial charge in [-0.15, -0.1) is 0 Å². The molecule has 0 saturated heterocycles. The second-order valence-electron chi connectivity index (χ2n) is 4.00. The number of benzene rings is 2. The smallest absolute Gasteiger partial charge is 0.184 e. The lowest BCUT2D eigenvalue weighted by atomic mass is 10.1. The molecule has 2 rings (SSSR count). The van der Waals surface area contributed by atoms with Crippen LogP contribution >= 0.6 is 0 Å². The van der Waals surface area contributed by atoms with Crippen LogP contribution in [0.25, 0.3) is 0 Å². The molecule has 0 aromatic heterocycles. The highest BCUT2D eigenvalue weighted by molar-refractivity contribution is 5.73. The van der Waals surface area contributed by atoms with E-state index in [1.165, 1.54) is 11.6 Å². The van der Waals surface area contributed by atoms with Crippen LogP contribution in [0.2, 0.25) is 0 Å². The van der Waals surface area contributed by atoms with Gasteiger partial charge in [0, 0.05) is 5.69 Å². The molecule has 0 atom stereocenters. The molecule has 94 valence electrons. The summed E-state index contributed by atoms with van der Waals surface area (Å²) in [6, 6.07) is 9.81. The first-order valence-electron chi connectivity index (χ1n) is 5.71. The van der Waals surface area contributed by atoms with Gasteiger partial charge in [-0.2, -0.15) is 0 Å². The van der Waals surface area contributed by atoms with Crippen molar-refractivity contribution in [3.63, 3.8) is 0 Å². The Kier molecular flexibility index (Phi) is 3.46. The highest BCUT2D eigenvalue weighted by Crippen LogP contribution is 2.28. The van der Waals surface area contributed by atoms with Gasteiger partial charge in [0.2, 0.25) is 0 Å². The zero-order valence-electron chi connectivity index (χ0n) is 10.0. The van der Waals surface area contributed by atoms with Gasteiger partial charge >= 0.3 is 0 Å². The van der Waals surface area contributed by atoms with E-state index < -0.39 is 11.6 Å². The molecule has 0 amide bonds. The van der Waals surface area contributed by atoms with E-state index in [9.17, 15) is 8.78 Å². The topological polar surface area (TPSA) is 38.0 Å². The molecule has 0 unspecified atom stereocenters. The van der Waals surface area contributed by atoms with Crippen molar-refractivity contribution in [2.45, 2.75) is 13.3 Å². The lowest BCUT2D eigenvalue weighted by molar-refractivity contribution is 0.512. The lowest BCUT2D eigenvalue weighted by Gasteiger charge is -2.11. The Morgan fingerprint density at radius 3 is 2.33 bits per heavy atom. The van der Waals surface area contributed by atoms with Crippen molar-refractivity contribution >= 4 is 17.1 Å². The number of hydrogen-bond acceptors (Lipinski definition) is 2. The van der Waals surface area contributed by atoms with Crippen molar-refractivity contribution in [1.82, 2.24) is 0 Å². The van der Waals surface area contributed by atoms with Gasteiger partial charge in [-0.05, 0) is 36.2 Å². The predicted octanol–water partition coefficient (Wildman–Crippen LogP) is 3.85. The predicted molar refractivity (Wildman–Crippen MR) is 69.9 cm³/mol. The average molecular weight is 248 g/mol. The van der Waals surface area contributed by atoms with Gasteiger partial charge in [0.05, 0.1) is 5.69 Å². The van der Waals surface area contributed by atoms with Gasteiger partial charge in [0.15, 0.2) is 11.6 Å². The van der Waals surface area contributed by atoms with Gasteiger partial charge in [-0.25, -0.2) is 8.78 Å². The first kappa shape index (κ1) is 12.4. The third-order valence-electron chi connectivity index (χ3n) is 2.76. The molecule has 0 spiro atoms. The van der Waals surface area contributed by atoms with Gasteiger partial charge in [-0.1, -0.05) is 19.1 Å². The fraction of sp³-hybridized carbons (Fsp3) is 0.143. The molecule has 0 heterocycles.